The fourth-order valence-electron chi connectivity index (χ4n) is 1.61. The first kappa shape index (κ1) is 15.4. The van der Waals surface area contributed by atoms with Crippen molar-refractivity contribution in [3.63, 3.8) is 0 Å². The van der Waals surface area contributed by atoms with Gasteiger partial charge in [-0.2, -0.15) is 0 Å². The predicted octanol–water partition coefficient (Wildman–Crippen LogP) is 1.58. The van der Waals surface area contributed by atoms with Crippen LogP contribution in [0.25, 0.3) is 0 Å². The van der Waals surface area contributed by atoms with Gasteiger partial charge in [0.1, 0.15) is 0 Å². The van der Waals surface area contributed by atoms with Crippen LogP contribution in [-0.2, 0) is 14.3 Å². The summed E-state index contributed by atoms with van der Waals surface area (Å²) in [5, 5.41) is 0. The molecular formula is C12H25NO3. The van der Waals surface area contributed by atoms with Crippen LogP contribution in [0.5, 0.6) is 0 Å². The van der Waals surface area contributed by atoms with Crippen LogP contribution in [0.4, 0.5) is 0 Å². The Morgan fingerprint density at radius 1 is 1.31 bits per heavy atom. The highest BCUT2D eigenvalue weighted by Crippen LogP contribution is 2.14. The van der Waals surface area contributed by atoms with E-state index in [2.05, 4.69) is 13.8 Å². The molecule has 0 heterocycles. The molecule has 0 aromatic carbocycles. The van der Waals surface area contributed by atoms with Gasteiger partial charge in [0.15, 0.2) is 0 Å². The zero-order chi connectivity index (χ0) is 12.4. The summed E-state index contributed by atoms with van der Waals surface area (Å²) in [7, 11) is 1.63. The number of esters is 1. The summed E-state index contributed by atoms with van der Waals surface area (Å²) in [5.41, 5.74) is 5.62. The third-order valence-electron chi connectivity index (χ3n) is 2.35. The summed E-state index contributed by atoms with van der Waals surface area (Å²) in [6, 6.07) is 0. The maximum atomic E-state index is 11.4. The standard InChI is InChI=1S/C12H25NO3/c1-10(2)7-11(9-13)8-12(14)16-6-4-5-15-3/h10-11H,4-9,13H2,1-3H3/t11-/m0/s1. The Bertz CT molecular complexity index is 183. The normalized spacial score (nSPS) is 12.8. The minimum absolute atomic E-state index is 0.146. The number of rotatable bonds is 9. The Morgan fingerprint density at radius 2 is 2.00 bits per heavy atom. The van der Waals surface area contributed by atoms with E-state index < -0.39 is 0 Å². The molecule has 0 saturated carbocycles. The molecule has 0 unspecified atom stereocenters. The van der Waals surface area contributed by atoms with Gasteiger partial charge in [-0.3, -0.25) is 4.79 Å². The summed E-state index contributed by atoms with van der Waals surface area (Å²) < 4.78 is 9.95. The minimum Gasteiger partial charge on any atom is -0.466 e. The summed E-state index contributed by atoms with van der Waals surface area (Å²) in [5.74, 6) is 0.664. The largest absolute Gasteiger partial charge is 0.466 e. The lowest BCUT2D eigenvalue weighted by atomic mass is 9.94. The van der Waals surface area contributed by atoms with E-state index in [1.54, 1.807) is 7.11 Å². The molecule has 0 rings (SSSR count). The maximum absolute atomic E-state index is 11.4. The Balaban J connectivity index is 3.66. The van der Waals surface area contributed by atoms with Crippen LogP contribution in [0, 0.1) is 11.8 Å². The van der Waals surface area contributed by atoms with Crippen LogP contribution in [0.1, 0.15) is 33.1 Å². The molecule has 4 nitrogen and oxygen atoms in total. The number of nitrogens with two attached hydrogens (primary N) is 1. The van der Waals surface area contributed by atoms with E-state index in [9.17, 15) is 4.79 Å². The second kappa shape index (κ2) is 9.60. The first-order valence-corrected chi connectivity index (χ1v) is 5.94. The topological polar surface area (TPSA) is 61.5 Å². The molecule has 0 aliphatic rings. The van der Waals surface area contributed by atoms with Gasteiger partial charge in [-0.25, -0.2) is 0 Å². The van der Waals surface area contributed by atoms with Crippen molar-refractivity contribution in [1.82, 2.24) is 0 Å². The van der Waals surface area contributed by atoms with E-state index in [1.807, 2.05) is 0 Å². The van der Waals surface area contributed by atoms with Crippen molar-refractivity contribution in [3.05, 3.63) is 0 Å². The molecule has 0 fully saturated rings. The number of carbonyl (C=O) groups excluding carboxylic acids is 1. The zero-order valence-corrected chi connectivity index (χ0v) is 10.7. The molecule has 1 atom stereocenters. The van der Waals surface area contributed by atoms with Gasteiger partial charge in [0.05, 0.1) is 6.61 Å². The average molecular weight is 231 g/mol. The zero-order valence-electron chi connectivity index (χ0n) is 10.7. The van der Waals surface area contributed by atoms with Crippen molar-refractivity contribution in [2.24, 2.45) is 17.6 Å². The molecule has 4 heteroatoms. The number of ether oxygens (including phenoxy) is 2. The summed E-state index contributed by atoms with van der Waals surface area (Å²) in [6.45, 7) is 5.87. The monoisotopic (exact) mass is 231 g/mol. The molecule has 0 spiro atoms. The third-order valence-corrected chi connectivity index (χ3v) is 2.35. The van der Waals surface area contributed by atoms with Gasteiger partial charge in [-0.15, -0.1) is 0 Å². The third kappa shape index (κ3) is 8.68. The molecule has 0 bridgehead atoms. The van der Waals surface area contributed by atoms with Crippen molar-refractivity contribution in [3.8, 4) is 0 Å². The van der Waals surface area contributed by atoms with Gasteiger partial charge in [0.25, 0.3) is 0 Å². The number of hydrogen-bond acceptors (Lipinski definition) is 4. The minimum atomic E-state index is -0.146. The quantitative estimate of drug-likeness (QED) is 0.483. The summed E-state index contributed by atoms with van der Waals surface area (Å²) in [6.07, 6.45) is 2.16. The first-order valence-electron chi connectivity index (χ1n) is 5.94. The van der Waals surface area contributed by atoms with Gasteiger partial charge in [-0.1, -0.05) is 13.8 Å². The number of hydrogen-bond donors (Lipinski definition) is 1. The molecule has 2 N–H and O–H groups in total. The van der Waals surface area contributed by atoms with E-state index in [0.29, 0.717) is 32.1 Å². The summed E-state index contributed by atoms with van der Waals surface area (Å²) in [4.78, 5) is 11.4. The number of carbonyl (C=O) groups is 1. The lowest BCUT2D eigenvalue weighted by Crippen LogP contribution is -2.21. The van der Waals surface area contributed by atoms with Crippen molar-refractivity contribution < 1.29 is 14.3 Å². The number of methoxy groups -OCH3 is 1. The molecule has 0 radical (unpaired) electrons. The highest BCUT2D eigenvalue weighted by molar-refractivity contribution is 5.69. The van der Waals surface area contributed by atoms with E-state index in [4.69, 9.17) is 15.2 Å². The molecule has 0 aromatic rings. The molecule has 0 aliphatic heterocycles. The molecule has 0 aromatic heterocycles. The van der Waals surface area contributed by atoms with Gasteiger partial charge in [-0.05, 0) is 24.8 Å². The van der Waals surface area contributed by atoms with Crippen LogP contribution in [0.2, 0.25) is 0 Å². The smallest absolute Gasteiger partial charge is 0.306 e. The van der Waals surface area contributed by atoms with Crippen molar-refractivity contribution in [2.45, 2.75) is 33.1 Å². The van der Waals surface area contributed by atoms with Crippen molar-refractivity contribution in [2.75, 3.05) is 26.9 Å². The lowest BCUT2D eigenvalue weighted by molar-refractivity contribution is -0.145. The fraction of sp³-hybridized carbons (Fsp3) is 0.917. The Labute approximate surface area is 98.5 Å². The van der Waals surface area contributed by atoms with Crippen LogP contribution in [-0.4, -0.2) is 32.8 Å². The Hall–Kier alpha value is -0.610. The van der Waals surface area contributed by atoms with E-state index in [-0.39, 0.29) is 11.9 Å². The first-order chi connectivity index (χ1) is 7.60. The van der Waals surface area contributed by atoms with Crippen molar-refractivity contribution in [1.29, 1.82) is 0 Å². The van der Waals surface area contributed by atoms with Crippen LogP contribution >= 0.6 is 0 Å². The predicted molar refractivity (Wildman–Crippen MR) is 64.1 cm³/mol. The molecule has 0 amide bonds. The highest BCUT2D eigenvalue weighted by atomic mass is 16.5. The van der Waals surface area contributed by atoms with Gasteiger partial charge in [0.2, 0.25) is 0 Å². The van der Waals surface area contributed by atoms with Gasteiger partial charge >= 0.3 is 5.97 Å². The second-order valence-corrected chi connectivity index (χ2v) is 4.50. The second-order valence-electron chi connectivity index (χ2n) is 4.50. The van der Waals surface area contributed by atoms with E-state index >= 15 is 0 Å². The van der Waals surface area contributed by atoms with E-state index in [0.717, 1.165) is 12.8 Å². The van der Waals surface area contributed by atoms with Gasteiger partial charge < -0.3 is 15.2 Å². The maximum Gasteiger partial charge on any atom is 0.306 e. The van der Waals surface area contributed by atoms with Crippen LogP contribution in [0.15, 0.2) is 0 Å². The average Bonchev–Trinajstić information content (AvgIpc) is 2.23. The molecule has 16 heavy (non-hydrogen) atoms. The summed E-state index contributed by atoms with van der Waals surface area (Å²) >= 11 is 0. The van der Waals surface area contributed by atoms with Crippen molar-refractivity contribution >= 4 is 5.97 Å². The molecule has 96 valence electrons. The van der Waals surface area contributed by atoms with Gasteiger partial charge in [0, 0.05) is 26.6 Å². The fourth-order valence-corrected chi connectivity index (χ4v) is 1.61. The molecule has 0 saturated heterocycles. The van der Waals surface area contributed by atoms with E-state index in [1.165, 1.54) is 0 Å². The highest BCUT2D eigenvalue weighted by Gasteiger charge is 2.14. The molecular weight excluding hydrogens is 206 g/mol. The Morgan fingerprint density at radius 3 is 2.50 bits per heavy atom. The van der Waals surface area contributed by atoms with Crippen LogP contribution < -0.4 is 5.73 Å². The SMILES string of the molecule is COCCCOC(=O)C[C@@H](CN)CC(C)C. The lowest BCUT2D eigenvalue weighted by Gasteiger charge is -2.16. The Kier molecular flexibility index (Phi) is 9.24. The van der Waals surface area contributed by atoms with Crippen LogP contribution in [0.3, 0.4) is 0 Å². The molecule has 0 aliphatic carbocycles.